The fraction of sp³-hybridized carbons (Fsp3) is 0.788. The minimum absolute atomic E-state index is 0.0234. The van der Waals surface area contributed by atoms with E-state index in [-0.39, 0.29) is 10.8 Å². The van der Waals surface area contributed by atoms with Crippen LogP contribution in [-0.4, -0.2) is 18.5 Å². The number of carbonyl (C=O) groups excluding carboxylic acids is 1. The molecule has 0 N–H and O–H groups in total. The van der Waals surface area contributed by atoms with Gasteiger partial charge in [-0.05, 0) is 106 Å². The molecule has 3 nitrogen and oxygen atoms in total. The Hall–Kier alpha value is -1.51. The molecule has 36 heavy (non-hydrogen) atoms. The van der Waals surface area contributed by atoms with Crippen LogP contribution in [-0.2, 0) is 14.3 Å². The van der Waals surface area contributed by atoms with E-state index in [4.69, 9.17) is 9.47 Å². The Labute approximate surface area is 219 Å². The summed E-state index contributed by atoms with van der Waals surface area (Å²) < 4.78 is 13.5. The molecule has 0 spiro atoms. The van der Waals surface area contributed by atoms with Gasteiger partial charge in [0.1, 0.15) is 11.9 Å². The third-order valence-corrected chi connectivity index (χ3v) is 11.7. The third kappa shape index (κ3) is 4.02. The Morgan fingerprint density at radius 3 is 2.42 bits per heavy atom. The van der Waals surface area contributed by atoms with Crippen molar-refractivity contribution in [1.29, 1.82) is 0 Å². The van der Waals surface area contributed by atoms with Gasteiger partial charge in [-0.15, -0.1) is 0 Å². The van der Waals surface area contributed by atoms with E-state index in [0.29, 0.717) is 47.9 Å². The number of ketones is 1. The van der Waals surface area contributed by atoms with Crippen molar-refractivity contribution < 1.29 is 14.3 Å². The van der Waals surface area contributed by atoms with Crippen molar-refractivity contribution in [2.45, 2.75) is 117 Å². The predicted octanol–water partition coefficient (Wildman–Crippen LogP) is 8.31. The first-order valence-electron chi connectivity index (χ1n) is 15.3. The van der Waals surface area contributed by atoms with Crippen LogP contribution in [0.2, 0.25) is 0 Å². The molecule has 198 valence electrons. The van der Waals surface area contributed by atoms with Gasteiger partial charge in [-0.25, -0.2) is 0 Å². The molecular weight excluding hydrogens is 444 g/mol. The molecule has 3 heteroatoms. The van der Waals surface area contributed by atoms with Crippen LogP contribution >= 0.6 is 0 Å². The van der Waals surface area contributed by atoms with Crippen LogP contribution in [0, 0.1) is 40.4 Å². The second kappa shape index (κ2) is 9.66. The molecule has 3 unspecified atom stereocenters. The van der Waals surface area contributed by atoms with E-state index in [1.54, 1.807) is 0 Å². The number of carbonyl (C=O) groups is 1. The Morgan fingerprint density at radius 2 is 1.69 bits per heavy atom. The SMILES string of the molecule is CC1C=C2CC(=O)CC(C)[C@]2(COC2=CCCCC2)[C@@H]2CC[C@]3(C)C(OC4=CCCCC4)CC[C@H]3[C@H]12. The zero-order valence-corrected chi connectivity index (χ0v) is 23.0. The molecule has 0 aliphatic heterocycles. The minimum atomic E-state index is 0.0234. The van der Waals surface area contributed by atoms with Crippen LogP contribution in [0.4, 0.5) is 0 Å². The van der Waals surface area contributed by atoms with Crippen molar-refractivity contribution in [2.24, 2.45) is 40.4 Å². The van der Waals surface area contributed by atoms with Gasteiger partial charge >= 0.3 is 0 Å². The number of allylic oxidation sites excluding steroid dienone is 5. The first kappa shape index (κ1) is 24.8. The van der Waals surface area contributed by atoms with Crippen LogP contribution in [0.5, 0.6) is 0 Å². The monoisotopic (exact) mass is 492 g/mol. The van der Waals surface area contributed by atoms with Crippen molar-refractivity contribution >= 4 is 5.78 Å². The van der Waals surface area contributed by atoms with Gasteiger partial charge in [0.2, 0.25) is 0 Å². The molecule has 0 aromatic rings. The van der Waals surface area contributed by atoms with Gasteiger partial charge in [-0.2, -0.15) is 0 Å². The standard InChI is InChI=1S/C33H48O3/c1-22-18-24-20-25(34)19-23(2)33(24,21-35-26-10-6-4-7-11-26)29-16-17-32(3)28(31(22)29)14-15-30(32)36-27-12-8-5-9-13-27/h10,12,18,22-23,28-31H,4-9,11,13-17,19-21H2,1-3H3/t22?,23?,28-,29+,30?,31-,32-,33-/m0/s1. The quantitative estimate of drug-likeness (QED) is 0.362. The molecule has 0 saturated heterocycles. The fourth-order valence-electron chi connectivity index (χ4n) is 9.80. The van der Waals surface area contributed by atoms with Crippen molar-refractivity contribution in [3.63, 3.8) is 0 Å². The first-order valence-corrected chi connectivity index (χ1v) is 15.3. The Balaban J connectivity index is 1.31. The molecule has 6 aliphatic rings. The lowest BCUT2D eigenvalue weighted by Crippen LogP contribution is -2.58. The van der Waals surface area contributed by atoms with Gasteiger partial charge in [0.15, 0.2) is 0 Å². The highest BCUT2D eigenvalue weighted by Gasteiger charge is 2.63. The Morgan fingerprint density at radius 1 is 0.944 bits per heavy atom. The summed E-state index contributed by atoms with van der Waals surface area (Å²) in [4.78, 5) is 12.8. The van der Waals surface area contributed by atoms with Crippen LogP contribution in [0.15, 0.2) is 35.3 Å². The van der Waals surface area contributed by atoms with Crippen LogP contribution < -0.4 is 0 Å². The lowest BCUT2D eigenvalue weighted by atomic mass is 9.44. The predicted molar refractivity (Wildman–Crippen MR) is 144 cm³/mol. The highest BCUT2D eigenvalue weighted by Crippen LogP contribution is 2.67. The zero-order chi connectivity index (χ0) is 24.9. The van der Waals surface area contributed by atoms with Gasteiger partial charge in [0.05, 0.1) is 18.1 Å². The average Bonchev–Trinajstić information content (AvgIpc) is 3.20. The second-order valence-electron chi connectivity index (χ2n) is 13.6. The molecule has 3 saturated carbocycles. The minimum Gasteiger partial charge on any atom is -0.497 e. The van der Waals surface area contributed by atoms with E-state index < -0.39 is 0 Å². The van der Waals surface area contributed by atoms with Crippen LogP contribution in [0.3, 0.4) is 0 Å². The van der Waals surface area contributed by atoms with E-state index in [1.807, 2.05) is 0 Å². The third-order valence-electron chi connectivity index (χ3n) is 11.7. The summed E-state index contributed by atoms with van der Waals surface area (Å²) in [6.45, 7) is 8.15. The topological polar surface area (TPSA) is 35.5 Å². The number of hydrogen-bond donors (Lipinski definition) is 0. The van der Waals surface area contributed by atoms with Gasteiger partial charge in [-0.3, -0.25) is 4.79 Å². The molecule has 6 aliphatic carbocycles. The molecule has 8 atom stereocenters. The van der Waals surface area contributed by atoms with E-state index in [2.05, 4.69) is 39.0 Å². The maximum Gasteiger partial charge on any atom is 0.137 e. The number of hydrogen-bond acceptors (Lipinski definition) is 3. The Bertz CT molecular complexity index is 958. The van der Waals surface area contributed by atoms with Crippen molar-refractivity contribution in [1.82, 2.24) is 0 Å². The lowest BCUT2D eigenvalue weighted by molar-refractivity contribution is -0.136. The largest absolute Gasteiger partial charge is 0.497 e. The number of fused-ring (bicyclic) bond motifs is 5. The molecule has 0 aromatic carbocycles. The number of ether oxygens (including phenoxy) is 2. The van der Waals surface area contributed by atoms with Crippen LogP contribution in [0.1, 0.15) is 111 Å². The number of rotatable bonds is 5. The molecule has 0 radical (unpaired) electrons. The summed E-state index contributed by atoms with van der Waals surface area (Å²) in [5.74, 6) is 5.80. The van der Waals surface area contributed by atoms with Crippen molar-refractivity contribution in [3.8, 4) is 0 Å². The van der Waals surface area contributed by atoms with E-state index in [9.17, 15) is 4.79 Å². The highest BCUT2D eigenvalue weighted by atomic mass is 16.5. The molecule has 0 aromatic heterocycles. The maximum absolute atomic E-state index is 12.8. The van der Waals surface area contributed by atoms with E-state index in [1.165, 1.54) is 74.9 Å². The maximum atomic E-state index is 12.8. The lowest BCUT2D eigenvalue weighted by Gasteiger charge is -2.61. The van der Waals surface area contributed by atoms with Gasteiger partial charge in [0, 0.05) is 36.5 Å². The van der Waals surface area contributed by atoms with E-state index >= 15 is 0 Å². The number of Topliss-reactive ketones (excluding diaryl/α,β-unsaturated/α-hetero) is 1. The molecule has 0 bridgehead atoms. The summed E-state index contributed by atoms with van der Waals surface area (Å²) in [6.07, 6.45) is 23.7. The van der Waals surface area contributed by atoms with Crippen molar-refractivity contribution in [2.75, 3.05) is 6.61 Å². The van der Waals surface area contributed by atoms with Gasteiger partial charge in [-0.1, -0.05) is 32.4 Å². The van der Waals surface area contributed by atoms with Crippen molar-refractivity contribution in [3.05, 3.63) is 35.3 Å². The summed E-state index contributed by atoms with van der Waals surface area (Å²) in [7, 11) is 0. The smallest absolute Gasteiger partial charge is 0.137 e. The first-order chi connectivity index (χ1) is 17.4. The van der Waals surface area contributed by atoms with Gasteiger partial charge < -0.3 is 9.47 Å². The fourth-order valence-corrected chi connectivity index (χ4v) is 9.80. The Kier molecular flexibility index (Phi) is 6.66. The highest BCUT2D eigenvalue weighted by molar-refractivity contribution is 5.83. The van der Waals surface area contributed by atoms with Gasteiger partial charge in [0.25, 0.3) is 0 Å². The summed E-state index contributed by atoms with van der Waals surface area (Å²) in [6, 6.07) is 0. The molecular formula is C33H48O3. The summed E-state index contributed by atoms with van der Waals surface area (Å²) >= 11 is 0. The zero-order valence-electron chi connectivity index (χ0n) is 23.0. The normalized spacial score (nSPS) is 44.4. The molecule has 3 fully saturated rings. The average molecular weight is 493 g/mol. The van der Waals surface area contributed by atoms with Crippen LogP contribution in [0.25, 0.3) is 0 Å². The molecule has 6 rings (SSSR count). The summed E-state index contributed by atoms with van der Waals surface area (Å²) in [5, 5.41) is 0. The second-order valence-corrected chi connectivity index (χ2v) is 13.6. The van der Waals surface area contributed by atoms with E-state index in [0.717, 1.165) is 32.3 Å². The molecule has 0 amide bonds. The molecule has 0 heterocycles. The summed E-state index contributed by atoms with van der Waals surface area (Å²) in [5.41, 5.74) is 1.72.